The topological polar surface area (TPSA) is 38.3 Å². The Balaban J connectivity index is 3.30. The molecule has 0 aromatic carbocycles. The Hall–Kier alpha value is -0.513. The van der Waals surface area contributed by atoms with Crippen LogP contribution >= 0.6 is 0 Å². The van der Waals surface area contributed by atoms with Gasteiger partial charge in [0, 0.05) is 16.8 Å². The zero-order chi connectivity index (χ0) is 10.1. The normalized spacial score (nSPS) is 12.5. The Morgan fingerprint density at radius 3 is 2.77 bits per heavy atom. The first-order valence-electron chi connectivity index (χ1n) is 5.15. The smallest absolute Gasteiger partial charge is 0.407 e. The van der Waals surface area contributed by atoms with Crippen molar-refractivity contribution in [3.63, 3.8) is 0 Å². The maximum Gasteiger partial charge on any atom is 0.407 e. The lowest BCUT2D eigenvalue weighted by Crippen LogP contribution is -2.28. The summed E-state index contributed by atoms with van der Waals surface area (Å²) >= 11 is 0. The summed E-state index contributed by atoms with van der Waals surface area (Å²) in [5, 5.41) is 2.74. The predicted molar refractivity (Wildman–Crippen MR) is 58.2 cm³/mol. The molecule has 1 amide bonds. The van der Waals surface area contributed by atoms with E-state index in [1.165, 1.54) is 22.7 Å². The van der Waals surface area contributed by atoms with Gasteiger partial charge in [-0.3, -0.25) is 0 Å². The second-order valence-corrected chi connectivity index (χ2v) is 4.26. The molecule has 0 spiro atoms. The van der Waals surface area contributed by atoms with E-state index in [-0.39, 0.29) is 12.2 Å². The molecule has 0 bridgehead atoms. The van der Waals surface area contributed by atoms with Crippen molar-refractivity contribution in [2.75, 3.05) is 6.54 Å². The highest BCUT2D eigenvalue weighted by atomic mass is 28.1. The molecule has 0 aliphatic heterocycles. The SMILES string of the molecule is CCC(C)OC(=O)NCCCC[SiH3]. The second kappa shape index (κ2) is 8.10. The Bertz CT molecular complexity index is 142. The van der Waals surface area contributed by atoms with Gasteiger partial charge < -0.3 is 10.1 Å². The molecular weight excluding hydrogens is 182 g/mol. The van der Waals surface area contributed by atoms with E-state index in [4.69, 9.17) is 4.74 Å². The van der Waals surface area contributed by atoms with Crippen molar-refractivity contribution in [3.8, 4) is 0 Å². The summed E-state index contributed by atoms with van der Waals surface area (Å²) in [6.45, 7) is 4.65. The van der Waals surface area contributed by atoms with Gasteiger partial charge in [-0.05, 0) is 19.8 Å². The van der Waals surface area contributed by atoms with Gasteiger partial charge in [0.05, 0.1) is 0 Å². The van der Waals surface area contributed by atoms with Crippen molar-refractivity contribution < 1.29 is 9.53 Å². The summed E-state index contributed by atoms with van der Waals surface area (Å²) < 4.78 is 5.04. The minimum absolute atomic E-state index is 0.0265. The number of amides is 1. The van der Waals surface area contributed by atoms with Crippen molar-refractivity contribution >= 4 is 16.3 Å². The highest BCUT2D eigenvalue weighted by molar-refractivity contribution is 6.08. The number of nitrogens with one attached hydrogen (secondary N) is 1. The largest absolute Gasteiger partial charge is 0.447 e. The summed E-state index contributed by atoms with van der Waals surface area (Å²) in [6, 6.07) is 1.31. The first-order chi connectivity index (χ1) is 6.20. The molecule has 0 rings (SSSR count). The van der Waals surface area contributed by atoms with E-state index in [1.54, 1.807) is 0 Å². The lowest BCUT2D eigenvalue weighted by atomic mass is 10.3. The highest BCUT2D eigenvalue weighted by Gasteiger charge is 2.05. The first kappa shape index (κ1) is 12.5. The predicted octanol–water partition coefficient (Wildman–Crippen LogP) is 1.07. The average molecular weight is 203 g/mol. The third-order valence-corrected chi connectivity index (χ3v) is 2.64. The Labute approximate surface area is 83.7 Å². The summed E-state index contributed by atoms with van der Waals surface area (Å²) in [5.74, 6) is 0. The van der Waals surface area contributed by atoms with Gasteiger partial charge >= 0.3 is 6.09 Å². The molecule has 1 atom stereocenters. The maximum atomic E-state index is 11.1. The number of rotatable bonds is 6. The van der Waals surface area contributed by atoms with Gasteiger partial charge in [0.1, 0.15) is 6.10 Å². The number of carbonyl (C=O) groups excluding carboxylic acids is 1. The lowest BCUT2D eigenvalue weighted by Gasteiger charge is -2.11. The molecule has 13 heavy (non-hydrogen) atoms. The molecular formula is C9H21NO2Si. The molecule has 0 aromatic rings. The van der Waals surface area contributed by atoms with E-state index in [0.717, 1.165) is 19.4 Å². The van der Waals surface area contributed by atoms with Crippen molar-refractivity contribution in [2.24, 2.45) is 0 Å². The van der Waals surface area contributed by atoms with E-state index >= 15 is 0 Å². The molecule has 0 aromatic heterocycles. The average Bonchev–Trinajstić information content (AvgIpc) is 2.12. The van der Waals surface area contributed by atoms with E-state index in [2.05, 4.69) is 5.32 Å². The van der Waals surface area contributed by atoms with Crippen molar-refractivity contribution in [1.82, 2.24) is 5.32 Å². The minimum Gasteiger partial charge on any atom is -0.447 e. The minimum atomic E-state index is -0.275. The van der Waals surface area contributed by atoms with Crippen LogP contribution in [0.25, 0.3) is 0 Å². The summed E-state index contributed by atoms with van der Waals surface area (Å²) in [5.41, 5.74) is 0. The number of alkyl carbamates (subject to hydrolysis) is 1. The standard InChI is InChI=1S/C9H21NO2Si/c1-3-8(2)12-9(11)10-6-4-5-7-13/h8H,3-7H2,1-2,13H3,(H,10,11). The Kier molecular flexibility index (Phi) is 7.78. The second-order valence-electron chi connectivity index (χ2n) is 3.26. The molecule has 0 aliphatic rings. The van der Waals surface area contributed by atoms with E-state index in [9.17, 15) is 4.79 Å². The zero-order valence-corrected chi connectivity index (χ0v) is 10.9. The molecule has 0 heterocycles. The summed E-state index contributed by atoms with van der Waals surface area (Å²) in [6.07, 6.45) is 2.91. The molecule has 0 radical (unpaired) electrons. The zero-order valence-electron chi connectivity index (χ0n) is 8.93. The van der Waals surface area contributed by atoms with Crippen LogP contribution in [-0.4, -0.2) is 29.0 Å². The van der Waals surface area contributed by atoms with Gasteiger partial charge in [-0.1, -0.05) is 19.4 Å². The number of carbonyl (C=O) groups is 1. The van der Waals surface area contributed by atoms with Crippen LogP contribution in [0, 0.1) is 0 Å². The van der Waals surface area contributed by atoms with Crippen molar-refractivity contribution in [3.05, 3.63) is 0 Å². The number of unbranched alkanes of at least 4 members (excludes halogenated alkanes) is 1. The molecule has 78 valence electrons. The fourth-order valence-corrected chi connectivity index (χ4v) is 1.37. The van der Waals surface area contributed by atoms with Crippen LogP contribution in [0.2, 0.25) is 6.04 Å². The quantitative estimate of drug-likeness (QED) is 0.518. The fraction of sp³-hybridized carbons (Fsp3) is 0.889. The van der Waals surface area contributed by atoms with Gasteiger partial charge in [-0.25, -0.2) is 4.79 Å². The Morgan fingerprint density at radius 2 is 2.23 bits per heavy atom. The third kappa shape index (κ3) is 7.84. The molecule has 1 N–H and O–H groups in total. The number of hydrogen-bond acceptors (Lipinski definition) is 2. The highest BCUT2D eigenvalue weighted by Crippen LogP contribution is 1.96. The van der Waals surface area contributed by atoms with Gasteiger partial charge in [-0.2, -0.15) is 0 Å². The van der Waals surface area contributed by atoms with Crippen molar-refractivity contribution in [2.45, 2.75) is 45.3 Å². The third-order valence-electron chi connectivity index (χ3n) is 1.93. The van der Waals surface area contributed by atoms with Crippen LogP contribution < -0.4 is 5.32 Å². The van der Waals surface area contributed by atoms with Crippen LogP contribution in [0.5, 0.6) is 0 Å². The van der Waals surface area contributed by atoms with Gasteiger partial charge in [-0.15, -0.1) is 0 Å². The molecule has 0 saturated carbocycles. The van der Waals surface area contributed by atoms with Crippen LogP contribution in [-0.2, 0) is 4.74 Å². The van der Waals surface area contributed by atoms with E-state index in [0.29, 0.717) is 0 Å². The molecule has 3 nitrogen and oxygen atoms in total. The molecule has 0 saturated heterocycles. The van der Waals surface area contributed by atoms with Gasteiger partial charge in [0.2, 0.25) is 0 Å². The Morgan fingerprint density at radius 1 is 1.54 bits per heavy atom. The van der Waals surface area contributed by atoms with Crippen molar-refractivity contribution in [1.29, 1.82) is 0 Å². The maximum absolute atomic E-state index is 11.1. The van der Waals surface area contributed by atoms with Crippen LogP contribution in [0.15, 0.2) is 0 Å². The summed E-state index contributed by atoms with van der Waals surface area (Å²) in [4.78, 5) is 11.1. The fourth-order valence-electron chi connectivity index (χ4n) is 0.873. The van der Waals surface area contributed by atoms with E-state index < -0.39 is 0 Å². The van der Waals surface area contributed by atoms with Gasteiger partial charge in [0.15, 0.2) is 0 Å². The monoisotopic (exact) mass is 203 g/mol. The molecule has 0 aliphatic carbocycles. The lowest BCUT2D eigenvalue weighted by molar-refractivity contribution is 0.105. The van der Waals surface area contributed by atoms with E-state index in [1.807, 2.05) is 13.8 Å². The number of ether oxygens (including phenoxy) is 1. The number of hydrogen-bond donors (Lipinski definition) is 1. The van der Waals surface area contributed by atoms with Crippen LogP contribution in [0.3, 0.4) is 0 Å². The molecule has 1 unspecified atom stereocenters. The van der Waals surface area contributed by atoms with Crippen LogP contribution in [0.1, 0.15) is 33.1 Å². The molecule has 0 fully saturated rings. The van der Waals surface area contributed by atoms with Crippen LogP contribution in [0.4, 0.5) is 4.79 Å². The van der Waals surface area contributed by atoms with Gasteiger partial charge in [0.25, 0.3) is 0 Å². The molecule has 4 heteroatoms. The summed E-state index contributed by atoms with van der Waals surface area (Å²) in [7, 11) is 1.26. The first-order valence-corrected chi connectivity index (χ1v) is 6.56.